The van der Waals surface area contributed by atoms with Crippen LogP contribution in [0.5, 0.6) is 0 Å². The van der Waals surface area contributed by atoms with E-state index in [1.54, 1.807) is 0 Å². The van der Waals surface area contributed by atoms with Crippen molar-refractivity contribution < 1.29 is 9.36 Å². The second-order valence-electron chi connectivity index (χ2n) is 5.06. The van der Waals surface area contributed by atoms with Crippen molar-refractivity contribution in [1.82, 2.24) is 0 Å². The van der Waals surface area contributed by atoms with Gasteiger partial charge in [0.15, 0.2) is 12.4 Å². The van der Waals surface area contributed by atoms with Crippen LogP contribution >= 0.6 is 0 Å². The Kier molecular flexibility index (Phi) is 4.51. The van der Waals surface area contributed by atoms with E-state index in [4.69, 9.17) is 0 Å². The molecule has 0 aliphatic rings. The molecule has 0 saturated carbocycles. The average molecular weight is 269 g/mol. The Balaban J connectivity index is 2.10. The summed E-state index contributed by atoms with van der Waals surface area (Å²) in [4.78, 5) is 12.2. The molecule has 0 fully saturated rings. The van der Waals surface area contributed by atoms with Crippen LogP contribution in [-0.2, 0) is 17.8 Å². The highest BCUT2D eigenvalue weighted by molar-refractivity contribution is 5.91. The molecule has 1 heterocycles. The molecule has 1 N–H and O–H groups in total. The Morgan fingerprint density at radius 2 is 1.85 bits per heavy atom. The fraction of sp³-hybridized carbons (Fsp3) is 0.294. The number of carbonyl (C=O) groups excluding carboxylic acids is 1. The highest BCUT2D eigenvalue weighted by Gasteiger charge is 2.12. The molecule has 0 atom stereocenters. The van der Waals surface area contributed by atoms with E-state index in [0.717, 1.165) is 17.7 Å². The number of rotatable bonds is 4. The number of nitrogens with one attached hydrogen (secondary N) is 1. The maximum atomic E-state index is 12.2. The minimum Gasteiger partial charge on any atom is -0.320 e. The van der Waals surface area contributed by atoms with Gasteiger partial charge in [0, 0.05) is 17.8 Å². The number of anilines is 1. The van der Waals surface area contributed by atoms with E-state index < -0.39 is 0 Å². The van der Waals surface area contributed by atoms with Gasteiger partial charge in [-0.25, -0.2) is 0 Å². The van der Waals surface area contributed by atoms with Gasteiger partial charge in [0.25, 0.3) is 5.91 Å². The summed E-state index contributed by atoms with van der Waals surface area (Å²) in [7, 11) is 0. The SMILES string of the molecule is CCc1cccc(C)c1NC(=O)C[n+]1ccc(C)cc1. The second-order valence-corrected chi connectivity index (χ2v) is 5.06. The number of benzene rings is 1. The molecule has 0 radical (unpaired) electrons. The van der Waals surface area contributed by atoms with Gasteiger partial charge in [-0.3, -0.25) is 4.79 Å². The van der Waals surface area contributed by atoms with Gasteiger partial charge in [-0.1, -0.05) is 25.1 Å². The summed E-state index contributed by atoms with van der Waals surface area (Å²) in [6.45, 7) is 6.48. The van der Waals surface area contributed by atoms with Crippen molar-refractivity contribution in [1.29, 1.82) is 0 Å². The molecule has 0 bridgehead atoms. The van der Waals surface area contributed by atoms with Crippen molar-refractivity contribution in [3.05, 3.63) is 59.4 Å². The molecule has 2 aromatic rings. The lowest BCUT2D eigenvalue weighted by Crippen LogP contribution is -2.39. The molecule has 1 amide bonds. The standard InChI is InChI=1S/C17H20N2O/c1-4-15-7-5-6-14(3)17(15)18-16(20)12-19-10-8-13(2)9-11-19/h5-11H,4,12H2,1-3H3/p+1. The molecule has 1 aromatic heterocycles. The van der Waals surface area contributed by atoms with Crippen molar-refractivity contribution in [3.8, 4) is 0 Å². The molecule has 0 saturated heterocycles. The number of carbonyl (C=O) groups is 1. The molecule has 1 aromatic carbocycles. The number of pyridine rings is 1. The molecule has 0 aliphatic heterocycles. The van der Waals surface area contributed by atoms with E-state index in [2.05, 4.69) is 18.3 Å². The molecule has 3 heteroatoms. The van der Waals surface area contributed by atoms with Crippen LogP contribution < -0.4 is 9.88 Å². The molecule has 0 unspecified atom stereocenters. The Labute approximate surface area is 120 Å². The summed E-state index contributed by atoms with van der Waals surface area (Å²) in [6, 6.07) is 10.1. The predicted molar refractivity (Wildman–Crippen MR) is 80.6 cm³/mol. The van der Waals surface area contributed by atoms with E-state index in [1.165, 1.54) is 11.1 Å². The van der Waals surface area contributed by atoms with Gasteiger partial charge in [0.05, 0.1) is 0 Å². The normalized spacial score (nSPS) is 10.3. The zero-order valence-electron chi connectivity index (χ0n) is 12.3. The van der Waals surface area contributed by atoms with E-state index in [1.807, 2.05) is 55.1 Å². The predicted octanol–water partition coefficient (Wildman–Crippen LogP) is 2.79. The Morgan fingerprint density at radius 3 is 2.50 bits per heavy atom. The maximum absolute atomic E-state index is 12.2. The van der Waals surface area contributed by atoms with Crippen LogP contribution in [0.4, 0.5) is 5.69 Å². The first-order valence-corrected chi connectivity index (χ1v) is 6.94. The lowest BCUT2D eigenvalue weighted by Gasteiger charge is -2.11. The minimum absolute atomic E-state index is 0.00264. The van der Waals surface area contributed by atoms with Crippen molar-refractivity contribution in [2.75, 3.05) is 5.32 Å². The number of hydrogen-bond donors (Lipinski definition) is 1. The van der Waals surface area contributed by atoms with Gasteiger partial charge in [0.1, 0.15) is 0 Å². The maximum Gasteiger partial charge on any atom is 0.290 e. The smallest absolute Gasteiger partial charge is 0.290 e. The summed E-state index contributed by atoms with van der Waals surface area (Å²) in [5, 5.41) is 3.03. The average Bonchev–Trinajstić information content (AvgIpc) is 2.43. The van der Waals surface area contributed by atoms with E-state index in [-0.39, 0.29) is 5.91 Å². The van der Waals surface area contributed by atoms with Crippen molar-refractivity contribution in [3.63, 3.8) is 0 Å². The summed E-state index contributed by atoms with van der Waals surface area (Å²) in [5.41, 5.74) is 4.42. The summed E-state index contributed by atoms with van der Waals surface area (Å²) in [6.07, 6.45) is 4.76. The largest absolute Gasteiger partial charge is 0.320 e. The first-order valence-electron chi connectivity index (χ1n) is 6.94. The van der Waals surface area contributed by atoms with Crippen LogP contribution in [0.2, 0.25) is 0 Å². The van der Waals surface area contributed by atoms with Crippen molar-refractivity contribution in [2.45, 2.75) is 33.7 Å². The molecule has 104 valence electrons. The van der Waals surface area contributed by atoms with E-state index in [0.29, 0.717) is 6.54 Å². The van der Waals surface area contributed by atoms with Gasteiger partial charge in [-0.05, 0) is 37.0 Å². The zero-order valence-corrected chi connectivity index (χ0v) is 12.3. The fourth-order valence-electron chi connectivity index (χ4n) is 2.18. The summed E-state index contributed by atoms with van der Waals surface area (Å²) < 4.78 is 1.88. The number of aromatic nitrogens is 1. The van der Waals surface area contributed by atoms with Crippen LogP contribution in [0.3, 0.4) is 0 Å². The quantitative estimate of drug-likeness (QED) is 0.851. The van der Waals surface area contributed by atoms with E-state index >= 15 is 0 Å². The molecule has 0 spiro atoms. The first kappa shape index (κ1) is 14.3. The molecular formula is C17H21N2O+. The summed E-state index contributed by atoms with van der Waals surface area (Å²) in [5.74, 6) is 0.00264. The van der Waals surface area contributed by atoms with Crippen LogP contribution in [0, 0.1) is 13.8 Å². The molecule has 20 heavy (non-hydrogen) atoms. The third-order valence-corrected chi connectivity index (χ3v) is 3.39. The monoisotopic (exact) mass is 269 g/mol. The lowest BCUT2D eigenvalue weighted by atomic mass is 10.1. The number of amides is 1. The van der Waals surface area contributed by atoms with Gasteiger partial charge in [-0.15, -0.1) is 0 Å². The van der Waals surface area contributed by atoms with Crippen molar-refractivity contribution >= 4 is 11.6 Å². The number of para-hydroxylation sites is 1. The Morgan fingerprint density at radius 1 is 1.15 bits per heavy atom. The highest BCUT2D eigenvalue weighted by Crippen LogP contribution is 2.20. The molecule has 3 nitrogen and oxygen atoms in total. The van der Waals surface area contributed by atoms with Gasteiger partial charge < -0.3 is 5.32 Å². The zero-order chi connectivity index (χ0) is 14.5. The van der Waals surface area contributed by atoms with Crippen LogP contribution in [0.25, 0.3) is 0 Å². The molecule has 0 aliphatic carbocycles. The van der Waals surface area contributed by atoms with Gasteiger partial charge in [-0.2, -0.15) is 4.57 Å². The third-order valence-electron chi connectivity index (χ3n) is 3.39. The topological polar surface area (TPSA) is 33.0 Å². The lowest BCUT2D eigenvalue weighted by molar-refractivity contribution is -0.684. The van der Waals surface area contributed by atoms with Crippen molar-refractivity contribution in [2.24, 2.45) is 0 Å². The fourth-order valence-corrected chi connectivity index (χ4v) is 2.18. The van der Waals surface area contributed by atoms with Gasteiger partial charge in [0.2, 0.25) is 6.54 Å². The molecular weight excluding hydrogens is 248 g/mol. The number of nitrogens with zero attached hydrogens (tertiary/aromatic N) is 1. The van der Waals surface area contributed by atoms with E-state index in [9.17, 15) is 4.79 Å². The van der Waals surface area contributed by atoms with Crippen LogP contribution in [0.15, 0.2) is 42.7 Å². The highest BCUT2D eigenvalue weighted by atomic mass is 16.1. The molecule has 2 rings (SSSR count). The Bertz CT molecular complexity index is 603. The van der Waals surface area contributed by atoms with Crippen LogP contribution in [-0.4, -0.2) is 5.91 Å². The third kappa shape index (κ3) is 3.44. The second kappa shape index (κ2) is 6.33. The van der Waals surface area contributed by atoms with Gasteiger partial charge >= 0.3 is 0 Å². The Hall–Kier alpha value is -2.16. The van der Waals surface area contributed by atoms with Crippen LogP contribution in [0.1, 0.15) is 23.6 Å². The number of aryl methyl sites for hydroxylation is 3. The summed E-state index contributed by atoms with van der Waals surface area (Å²) >= 11 is 0. The number of hydrogen-bond acceptors (Lipinski definition) is 1. The minimum atomic E-state index is 0.00264. The first-order chi connectivity index (χ1) is 9.60.